The quantitative estimate of drug-likeness (QED) is 0.707. The molecule has 0 fully saturated rings. The van der Waals surface area contributed by atoms with Gasteiger partial charge in [0.25, 0.3) is 0 Å². The van der Waals surface area contributed by atoms with Crippen molar-refractivity contribution >= 4 is 39.1 Å². The Hall–Kier alpha value is -0.440. The number of benzene rings is 1. The molecule has 1 nitrogen and oxygen atoms in total. The summed E-state index contributed by atoms with van der Waals surface area (Å²) in [5.41, 5.74) is 1.15. The monoisotopic (exact) mass is 318 g/mol. The van der Waals surface area contributed by atoms with Gasteiger partial charge in [0.15, 0.2) is 5.22 Å². The smallest absolute Gasteiger partial charge is 0.193 e. The van der Waals surface area contributed by atoms with Crippen LogP contribution in [0.2, 0.25) is 5.22 Å². The Bertz CT molecular complexity index is 481. The van der Waals surface area contributed by atoms with Gasteiger partial charge in [0.2, 0.25) is 0 Å². The number of hydrogen-bond donors (Lipinski definition) is 0. The molecule has 84 valence electrons. The number of hydrogen-bond acceptors (Lipinski definition) is 1. The van der Waals surface area contributed by atoms with E-state index in [4.69, 9.17) is 27.6 Å². The van der Waals surface area contributed by atoms with Crippen LogP contribution < -0.4 is 0 Å². The van der Waals surface area contributed by atoms with Crippen LogP contribution in [0.15, 0.2) is 45.3 Å². The average molecular weight is 320 g/mol. The summed E-state index contributed by atoms with van der Waals surface area (Å²) < 4.78 is 6.32. The highest BCUT2D eigenvalue weighted by molar-refractivity contribution is 9.10. The van der Waals surface area contributed by atoms with Crippen LogP contribution in [-0.4, -0.2) is 0 Å². The molecule has 1 atom stereocenters. The first kappa shape index (κ1) is 12.0. The van der Waals surface area contributed by atoms with Gasteiger partial charge in [0.05, 0.1) is 5.38 Å². The van der Waals surface area contributed by atoms with Crippen molar-refractivity contribution in [2.24, 2.45) is 0 Å². The summed E-state index contributed by atoms with van der Waals surface area (Å²) in [7, 11) is 0. The molecule has 1 unspecified atom stereocenters. The van der Waals surface area contributed by atoms with Gasteiger partial charge < -0.3 is 4.42 Å². The lowest BCUT2D eigenvalue weighted by Crippen LogP contribution is -1.94. The Morgan fingerprint density at radius 2 is 2.06 bits per heavy atom. The molecule has 1 aromatic heterocycles. The van der Waals surface area contributed by atoms with Gasteiger partial charge in [-0.2, -0.15) is 0 Å². The first-order valence-corrected chi connectivity index (χ1v) is 6.39. The molecular formula is C12H9BrCl2O. The van der Waals surface area contributed by atoms with E-state index >= 15 is 0 Å². The highest BCUT2D eigenvalue weighted by Crippen LogP contribution is 2.28. The number of furan rings is 1. The van der Waals surface area contributed by atoms with Crippen molar-refractivity contribution in [1.82, 2.24) is 0 Å². The standard InChI is InChI=1S/C12H9BrCl2O/c13-9-3-1-2-8(6-9)7-10(14)11-4-5-12(15)16-11/h1-6,10H,7H2. The van der Waals surface area contributed by atoms with Crippen molar-refractivity contribution in [1.29, 1.82) is 0 Å². The normalized spacial score (nSPS) is 12.7. The molecule has 2 aromatic rings. The van der Waals surface area contributed by atoms with Gasteiger partial charge >= 0.3 is 0 Å². The maximum atomic E-state index is 6.24. The summed E-state index contributed by atoms with van der Waals surface area (Å²) >= 11 is 15.4. The molecule has 0 bridgehead atoms. The lowest BCUT2D eigenvalue weighted by Gasteiger charge is -2.06. The van der Waals surface area contributed by atoms with E-state index in [1.54, 1.807) is 12.1 Å². The molecule has 1 heterocycles. The number of alkyl halides is 1. The van der Waals surface area contributed by atoms with Crippen LogP contribution in [0, 0.1) is 0 Å². The summed E-state index contributed by atoms with van der Waals surface area (Å²) in [5, 5.41) is 0.177. The molecule has 0 amide bonds. The summed E-state index contributed by atoms with van der Waals surface area (Å²) in [6, 6.07) is 11.5. The van der Waals surface area contributed by atoms with Crippen molar-refractivity contribution in [3.8, 4) is 0 Å². The fourth-order valence-corrected chi connectivity index (χ4v) is 2.36. The second-order valence-corrected chi connectivity index (χ2v) is 5.26. The zero-order valence-electron chi connectivity index (χ0n) is 8.29. The zero-order chi connectivity index (χ0) is 11.5. The van der Waals surface area contributed by atoms with E-state index in [1.807, 2.05) is 24.3 Å². The SMILES string of the molecule is Clc1ccc(C(Cl)Cc2cccc(Br)c2)o1. The molecule has 2 rings (SSSR count). The summed E-state index contributed by atoms with van der Waals surface area (Å²) in [6.07, 6.45) is 0.713. The molecular weight excluding hydrogens is 311 g/mol. The van der Waals surface area contributed by atoms with E-state index in [2.05, 4.69) is 15.9 Å². The fourth-order valence-electron chi connectivity index (χ4n) is 1.47. The Labute approximate surface area is 112 Å². The van der Waals surface area contributed by atoms with Crippen LogP contribution in [0.25, 0.3) is 0 Å². The van der Waals surface area contributed by atoms with Gasteiger partial charge in [0, 0.05) is 4.47 Å². The van der Waals surface area contributed by atoms with Crippen molar-refractivity contribution in [2.75, 3.05) is 0 Å². The molecule has 1 aromatic carbocycles. The van der Waals surface area contributed by atoms with Crippen molar-refractivity contribution in [3.63, 3.8) is 0 Å². The van der Waals surface area contributed by atoms with Crippen LogP contribution in [0.1, 0.15) is 16.7 Å². The van der Waals surface area contributed by atoms with E-state index < -0.39 is 0 Å². The van der Waals surface area contributed by atoms with Gasteiger partial charge in [-0.25, -0.2) is 0 Å². The van der Waals surface area contributed by atoms with Crippen LogP contribution in [-0.2, 0) is 6.42 Å². The minimum Gasteiger partial charge on any atom is -0.448 e. The van der Waals surface area contributed by atoms with Gasteiger partial charge in [-0.15, -0.1) is 11.6 Å². The maximum absolute atomic E-state index is 6.24. The first-order chi connectivity index (χ1) is 7.65. The third kappa shape index (κ3) is 3.03. The largest absolute Gasteiger partial charge is 0.448 e. The minimum absolute atomic E-state index is 0.193. The van der Waals surface area contributed by atoms with Crippen molar-refractivity contribution in [2.45, 2.75) is 11.8 Å². The van der Waals surface area contributed by atoms with E-state index in [-0.39, 0.29) is 5.38 Å². The second kappa shape index (κ2) is 5.26. The number of rotatable bonds is 3. The summed E-state index contributed by atoms with van der Waals surface area (Å²) in [6.45, 7) is 0. The van der Waals surface area contributed by atoms with Crippen molar-refractivity contribution in [3.05, 3.63) is 57.4 Å². The second-order valence-electron chi connectivity index (χ2n) is 3.44. The van der Waals surface area contributed by atoms with E-state index in [9.17, 15) is 0 Å². The van der Waals surface area contributed by atoms with Gasteiger partial charge in [0.1, 0.15) is 5.76 Å². The van der Waals surface area contributed by atoms with Crippen molar-refractivity contribution < 1.29 is 4.42 Å². The zero-order valence-corrected chi connectivity index (χ0v) is 11.4. The maximum Gasteiger partial charge on any atom is 0.193 e. The molecule has 0 aliphatic rings. The summed E-state index contributed by atoms with van der Waals surface area (Å²) in [4.78, 5) is 0. The predicted octanol–water partition coefficient (Wildman–Crippen LogP) is 5.22. The van der Waals surface area contributed by atoms with Crippen LogP contribution >= 0.6 is 39.1 Å². The van der Waals surface area contributed by atoms with Crippen LogP contribution in [0.5, 0.6) is 0 Å². The predicted molar refractivity (Wildman–Crippen MR) is 70.2 cm³/mol. The minimum atomic E-state index is -0.193. The van der Waals surface area contributed by atoms with Gasteiger partial charge in [-0.05, 0) is 47.9 Å². The lowest BCUT2D eigenvalue weighted by molar-refractivity contribution is 0.504. The molecule has 0 N–H and O–H groups in total. The molecule has 16 heavy (non-hydrogen) atoms. The molecule has 0 spiro atoms. The van der Waals surface area contributed by atoms with E-state index in [1.165, 1.54) is 0 Å². The fraction of sp³-hybridized carbons (Fsp3) is 0.167. The molecule has 0 saturated carbocycles. The Kier molecular flexibility index (Phi) is 3.95. The molecule has 0 radical (unpaired) electrons. The highest BCUT2D eigenvalue weighted by Gasteiger charge is 2.13. The average Bonchev–Trinajstić information content (AvgIpc) is 2.65. The van der Waals surface area contributed by atoms with Gasteiger partial charge in [-0.1, -0.05) is 28.1 Å². The van der Waals surface area contributed by atoms with E-state index in [0.29, 0.717) is 17.4 Å². The summed E-state index contributed by atoms with van der Waals surface area (Å²) in [5.74, 6) is 0.701. The van der Waals surface area contributed by atoms with Crippen LogP contribution in [0.4, 0.5) is 0 Å². The molecule has 0 aliphatic heterocycles. The Balaban J connectivity index is 2.10. The Morgan fingerprint density at radius 1 is 1.25 bits per heavy atom. The lowest BCUT2D eigenvalue weighted by atomic mass is 10.1. The topological polar surface area (TPSA) is 13.1 Å². The molecule has 0 aliphatic carbocycles. The first-order valence-electron chi connectivity index (χ1n) is 4.79. The third-order valence-corrected chi connectivity index (χ3v) is 3.27. The third-order valence-electron chi connectivity index (χ3n) is 2.21. The highest BCUT2D eigenvalue weighted by atomic mass is 79.9. The number of halogens is 3. The molecule has 4 heteroatoms. The van der Waals surface area contributed by atoms with Crippen LogP contribution in [0.3, 0.4) is 0 Å². The van der Waals surface area contributed by atoms with Gasteiger partial charge in [-0.3, -0.25) is 0 Å². The molecule has 0 saturated heterocycles. The van der Waals surface area contributed by atoms with E-state index in [0.717, 1.165) is 10.0 Å². The Morgan fingerprint density at radius 3 is 2.69 bits per heavy atom.